The molecule has 0 spiro atoms. The highest BCUT2D eigenvalue weighted by Gasteiger charge is 2.45. The molecule has 2 heterocycles. The molecule has 31 heavy (non-hydrogen) atoms. The Morgan fingerprint density at radius 2 is 1.84 bits per heavy atom. The van der Waals surface area contributed by atoms with Crippen LogP contribution in [0.5, 0.6) is 5.75 Å². The van der Waals surface area contributed by atoms with Gasteiger partial charge in [-0.15, -0.1) is 0 Å². The number of aromatic nitrogens is 1. The van der Waals surface area contributed by atoms with Crippen LogP contribution in [0.15, 0.2) is 48.3 Å². The molecule has 1 aromatic carbocycles. The number of amides is 1. The maximum absolute atomic E-state index is 13.0. The minimum Gasteiger partial charge on any atom is -0.507 e. The van der Waals surface area contributed by atoms with E-state index in [4.69, 9.17) is 4.74 Å². The zero-order chi connectivity index (χ0) is 22.8. The van der Waals surface area contributed by atoms with Gasteiger partial charge in [0.25, 0.3) is 11.7 Å². The van der Waals surface area contributed by atoms with Crippen molar-refractivity contribution >= 4 is 17.4 Å². The molecule has 0 saturated carbocycles. The van der Waals surface area contributed by atoms with Crippen LogP contribution in [0.1, 0.15) is 63.3 Å². The van der Waals surface area contributed by atoms with E-state index < -0.39 is 17.7 Å². The van der Waals surface area contributed by atoms with Crippen LogP contribution in [0.4, 0.5) is 0 Å². The lowest BCUT2D eigenvalue weighted by molar-refractivity contribution is -0.139. The number of carbonyl (C=O) groups excluding carboxylic acids is 2. The second-order valence-corrected chi connectivity index (χ2v) is 8.79. The Balaban J connectivity index is 2.19. The second-order valence-electron chi connectivity index (χ2n) is 8.79. The molecule has 1 N–H and O–H groups in total. The van der Waals surface area contributed by atoms with Gasteiger partial charge in [-0.2, -0.15) is 0 Å². The molecule has 2 aromatic rings. The number of aliphatic hydroxyl groups is 1. The molecule has 6 heteroatoms. The van der Waals surface area contributed by atoms with Crippen molar-refractivity contribution in [2.24, 2.45) is 0 Å². The van der Waals surface area contributed by atoms with Crippen LogP contribution in [-0.2, 0) is 15.0 Å². The molecule has 1 aliphatic heterocycles. The van der Waals surface area contributed by atoms with Crippen molar-refractivity contribution in [3.63, 3.8) is 0 Å². The van der Waals surface area contributed by atoms with E-state index in [1.165, 1.54) is 0 Å². The zero-order valence-corrected chi connectivity index (χ0v) is 18.8. The number of unbranched alkanes of at least 4 members (excludes halogenated alkanes) is 1. The van der Waals surface area contributed by atoms with Crippen LogP contribution in [0.3, 0.4) is 0 Å². The highest BCUT2D eigenvalue weighted by molar-refractivity contribution is 6.46. The number of ether oxygens (including phenoxy) is 1. The molecule has 1 fully saturated rings. The Morgan fingerprint density at radius 1 is 1.16 bits per heavy atom. The van der Waals surface area contributed by atoms with E-state index in [9.17, 15) is 14.7 Å². The van der Waals surface area contributed by atoms with Gasteiger partial charge in [-0.3, -0.25) is 14.6 Å². The van der Waals surface area contributed by atoms with Crippen molar-refractivity contribution in [2.75, 3.05) is 13.7 Å². The second kappa shape index (κ2) is 8.92. The molecule has 1 atom stereocenters. The minimum absolute atomic E-state index is 0.109. The van der Waals surface area contributed by atoms with E-state index in [0.29, 0.717) is 17.9 Å². The van der Waals surface area contributed by atoms with Gasteiger partial charge in [0.1, 0.15) is 11.5 Å². The standard InChI is InChI=1S/C25H30N2O4/c1-6-7-14-27-21(16-10-12-26-13-11-16)20(23(29)24(27)30)22(28)17-8-9-19(31-5)18(15-17)25(2,3)4/h8-13,15,21,28H,6-7,14H2,1-5H3/b22-20-. The first kappa shape index (κ1) is 22.5. The predicted molar refractivity (Wildman–Crippen MR) is 120 cm³/mol. The number of pyridine rings is 1. The van der Waals surface area contributed by atoms with Crippen LogP contribution in [0.25, 0.3) is 5.76 Å². The molecule has 0 aliphatic carbocycles. The lowest BCUT2D eigenvalue weighted by Crippen LogP contribution is -2.30. The van der Waals surface area contributed by atoms with Gasteiger partial charge in [0.15, 0.2) is 0 Å². The molecule has 0 radical (unpaired) electrons. The predicted octanol–water partition coefficient (Wildman–Crippen LogP) is 4.61. The summed E-state index contributed by atoms with van der Waals surface area (Å²) in [6, 6.07) is 8.23. The highest BCUT2D eigenvalue weighted by Crippen LogP contribution is 2.40. The number of hydrogen-bond donors (Lipinski definition) is 1. The summed E-state index contributed by atoms with van der Waals surface area (Å²) in [4.78, 5) is 31.5. The van der Waals surface area contributed by atoms with Crippen LogP contribution in [0, 0.1) is 0 Å². The molecule has 1 aliphatic rings. The Bertz CT molecular complexity index is 1010. The number of likely N-dealkylation sites (tertiary alicyclic amines) is 1. The molecule has 1 aromatic heterocycles. The molecule has 3 rings (SSSR count). The molecule has 6 nitrogen and oxygen atoms in total. The minimum atomic E-state index is -0.663. The van der Waals surface area contributed by atoms with Crippen LogP contribution in [-0.4, -0.2) is 40.3 Å². The van der Waals surface area contributed by atoms with Crippen molar-refractivity contribution < 1.29 is 19.4 Å². The molecular formula is C25H30N2O4. The summed E-state index contributed by atoms with van der Waals surface area (Å²) < 4.78 is 5.49. The fraction of sp³-hybridized carbons (Fsp3) is 0.400. The Hall–Kier alpha value is -3.15. The van der Waals surface area contributed by atoms with Crippen molar-refractivity contribution in [3.8, 4) is 5.75 Å². The lowest BCUT2D eigenvalue weighted by Gasteiger charge is -2.25. The number of nitrogens with zero attached hydrogens (tertiary/aromatic N) is 2. The summed E-state index contributed by atoms with van der Waals surface area (Å²) in [7, 11) is 1.60. The smallest absolute Gasteiger partial charge is 0.295 e. The summed E-state index contributed by atoms with van der Waals surface area (Å²) in [6.07, 6.45) is 4.91. The first-order valence-electron chi connectivity index (χ1n) is 10.6. The van der Waals surface area contributed by atoms with Gasteiger partial charge in [-0.1, -0.05) is 34.1 Å². The fourth-order valence-electron chi connectivity index (χ4n) is 3.93. The topological polar surface area (TPSA) is 79.7 Å². The quantitative estimate of drug-likeness (QED) is 0.418. The van der Waals surface area contributed by atoms with Gasteiger partial charge < -0.3 is 14.7 Å². The van der Waals surface area contributed by atoms with E-state index >= 15 is 0 Å². The van der Waals surface area contributed by atoms with Crippen molar-refractivity contribution in [3.05, 3.63) is 65.0 Å². The van der Waals surface area contributed by atoms with Crippen LogP contribution in [0.2, 0.25) is 0 Å². The molecular weight excluding hydrogens is 392 g/mol. The van der Waals surface area contributed by atoms with E-state index in [0.717, 1.165) is 24.0 Å². The summed E-state index contributed by atoms with van der Waals surface area (Å²) in [5.74, 6) is -0.713. The third-order valence-corrected chi connectivity index (χ3v) is 5.60. The maximum Gasteiger partial charge on any atom is 0.295 e. The Morgan fingerprint density at radius 3 is 2.42 bits per heavy atom. The number of hydrogen-bond acceptors (Lipinski definition) is 5. The number of rotatable bonds is 6. The fourth-order valence-corrected chi connectivity index (χ4v) is 3.93. The van der Waals surface area contributed by atoms with Crippen LogP contribution < -0.4 is 4.74 Å². The largest absolute Gasteiger partial charge is 0.507 e. The van der Waals surface area contributed by atoms with Crippen molar-refractivity contribution in [1.29, 1.82) is 0 Å². The molecule has 164 valence electrons. The summed E-state index contributed by atoms with van der Waals surface area (Å²) in [6.45, 7) is 8.63. The van der Waals surface area contributed by atoms with E-state index in [1.807, 2.05) is 13.0 Å². The summed E-state index contributed by atoms with van der Waals surface area (Å²) >= 11 is 0. The SMILES string of the molecule is CCCCN1C(=O)C(=O)/C(=C(\O)c2ccc(OC)c(C(C)(C)C)c2)C1c1ccncc1. The average molecular weight is 423 g/mol. The molecule has 1 amide bonds. The molecule has 0 bridgehead atoms. The Labute approximate surface area is 183 Å². The zero-order valence-electron chi connectivity index (χ0n) is 18.8. The van der Waals surface area contributed by atoms with Crippen molar-refractivity contribution in [1.82, 2.24) is 9.88 Å². The lowest BCUT2D eigenvalue weighted by atomic mass is 9.84. The van der Waals surface area contributed by atoms with Gasteiger partial charge in [0, 0.05) is 30.1 Å². The average Bonchev–Trinajstić information content (AvgIpc) is 3.01. The Kier molecular flexibility index (Phi) is 6.48. The molecule has 1 saturated heterocycles. The summed E-state index contributed by atoms with van der Waals surface area (Å²) in [5, 5.41) is 11.3. The third kappa shape index (κ3) is 4.33. The van der Waals surface area contributed by atoms with E-state index in [2.05, 4.69) is 25.8 Å². The number of aliphatic hydroxyl groups excluding tert-OH is 1. The maximum atomic E-state index is 13.0. The normalized spacial score (nSPS) is 18.5. The highest BCUT2D eigenvalue weighted by atomic mass is 16.5. The first-order valence-corrected chi connectivity index (χ1v) is 10.6. The van der Waals surface area contributed by atoms with Gasteiger partial charge in [0.2, 0.25) is 0 Å². The molecule has 1 unspecified atom stereocenters. The number of benzene rings is 1. The van der Waals surface area contributed by atoms with Crippen molar-refractivity contribution in [2.45, 2.75) is 52.0 Å². The number of Topliss-reactive ketones (excluding diaryl/α,β-unsaturated/α-hetero) is 1. The number of ketones is 1. The number of carbonyl (C=O) groups is 2. The van der Waals surface area contributed by atoms with Gasteiger partial charge in [-0.25, -0.2) is 0 Å². The summed E-state index contributed by atoms with van der Waals surface area (Å²) in [5.41, 5.74) is 2.01. The van der Waals surface area contributed by atoms with Crippen LogP contribution >= 0.6 is 0 Å². The first-order chi connectivity index (χ1) is 14.7. The number of methoxy groups -OCH3 is 1. The monoisotopic (exact) mass is 422 g/mol. The van der Waals surface area contributed by atoms with Gasteiger partial charge in [0.05, 0.1) is 18.7 Å². The van der Waals surface area contributed by atoms with Gasteiger partial charge >= 0.3 is 0 Å². The van der Waals surface area contributed by atoms with Gasteiger partial charge in [-0.05, 0) is 47.7 Å². The van der Waals surface area contributed by atoms with E-state index in [-0.39, 0.29) is 16.7 Å². The van der Waals surface area contributed by atoms with E-state index in [1.54, 1.807) is 48.7 Å². The third-order valence-electron chi connectivity index (χ3n) is 5.60.